The van der Waals surface area contributed by atoms with E-state index in [4.69, 9.17) is 68.8 Å². The molecule has 0 saturated carbocycles. The number of ether oxygens (including phenoxy) is 6. The van der Waals surface area contributed by atoms with E-state index >= 15 is 24.0 Å². The van der Waals surface area contributed by atoms with Gasteiger partial charge in [-0.2, -0.15) is 0 Å². The maximum atomic E-state index is 16.4. The predicted molar refractivity (Wildman–Crippen MR) is 465 cm³/mol. The summed E-state index contributed by atoms with van der Waals surface area (Å²) in [4.78, 5) is 121. The number of primary amides is 1. The van der Waals surface area contributed by atoms with Crippen molar-refractivity contribution in [2.45, 2.75) is 234 Å². The van der Waals surface area contributed by atoms with Crippen molar-refractivity contribution in [1.82, 2.24) is 63.8 Å². The second kappa shape index (κ2) is 46.6. The topological polar surface area (TPSA) is 576 Å². The van der Waals surface area contributed by atoms with E-state index in [1.165, 1.54) is 69.5 Å². The van der Waals surface area contributed by atoms with E-state index in [2.05, 4.69) is 70.7 Å². The van der Waals surface area contributed by atoms with E-state index in [-0.39, 0.29) is 74.7 Å². The van der Waals surface area contributed by atoms with Crippen LogP contribution < -0.4 is 95.2 Å². The number of phenols is 3. The molecule has 2 fully saturated rings. The fourth-order valence-electron chi connectivity index (χ4n) is 16.0. The number of amides is 8. The van der Waals surface area contributed by atoms with Crippen LogP contribution >= 0.6 is 23.2 Å². The molecule has 12 rings (SSSR count). The first kappa shape index (κ1) is 98.8. The molecule has 0 aromatic heterocycles. The molecule has 5 aromatic rings. The van der Waals surface area contributed by atoms with Gasteiger partial charge in [0.15, 0.2) is 23.9 Å². The average molecular weight is 1800 g/mol. The number of halogens is 2. The number of phenolic OH excluding ortho intramolecular Hbond substituents is 3. The number of benzene rings is 5. The maximum Gasteiger partial charge on any atom is 0.248 e. The van der Waals surface area contributed by atoms with Crippen molar-refractivity contribution in [3.8, 4) is 57.1 Å². The minimum Gasteiger partial charge on any atom is -0.508 e. The Morgan fingerprint density at radius 3 is 1.84 bits per heavy atom. The number of nitrogens with one attached hydrogen (secondary N) is 12. The van der Waals surface area contributed by atoms with E-state index in [0.29, 0.717) is 39.1 Å². The quantitative estimate of drug-likeness (QED) is 0.0254. The molecule has 126 heavy (non-hydrogen) atoms. The van der Waals surface area contributed by atoms with Gasteiger partial charge in [-0.25, -0.2) is 0 Å². The molecular formula is C87H123Cl2N15O22. The lowest BCUT2D eigenvalue weighted by Gasteiger charge is -2.48. The summed E-state index contributed by atoms with van der Waals surface area (Å²) < 4.78 is 40.0. The van der Waals surface area contributed by atoms with Crippen molar-refractivity contribution in [2.24, 2.45) is 23.1 Å². The summed E-state index contributed by atoms with van der Waals surface area (Å²) in [7, 11) is 1.50. The smallest absolute Gasteiger partial charge is 0.248 e. The lowest BCUT2D eigenvalue weighted by atomic mass is 9.85. The van der Waals surface area contributed by atoms with Gasteiger partial charge in [-0.1, -0.05) is 107 Å². The molecule has 37 nitrogen and oxygen atoms in total. The highest BCUT2D eigenvalue weighted by Crippen LogP contribution is 2.50. The number of carbonyl (C=O) groups is 8. The van der Waals surface area contributed by atoms with Gasteiger partial charge in [0.1, 0.15) is 95.5 Å². The summed E-state index contributed by atoms with van der Waals surface area (Å²) in [5, 5.41) is 130. The fraction of sp³-hybridized carbons (Fsp3) is 0.563. The molecule has 0 unspecified atom stereocenters. The molecule has 39 heteroatoms. The third kappa shape index (κ3) is 25.6. The van der Waals surface area contributed by atoms with Crippen molar-refractivity contribution in [1.29, 1.82) is 0 Å². The number of rotatable bonds is 37. The number of nitrogens with two attached hydrogens (primary N) is 3. The first-order valence-electron chi connectivity index (χ1n) is 43.1. The van der Waals surface area contributed by atoms with Crippen LogP contribution in [0.3, 0.4) is 0 Å². The second-order valence-electron chi connectivity index (χ2n) is 33.1. The van der Waals surface area contributed by atoms with Crippen LogP contribution in [0.15, 0.2) is 78.9 Å². The highest BCUT2D eigenvalue weighted by Gasteiger charge is 2.52. The summed E-state index contributed by atoms with van der Waals surface area (Å²) in [6, 6.07) is 0.928. The van der Waals surface area contributed by atoms with Crippen molar-refractivity contribution >= 4 is 70.5 Å². The Morgan fingerprint density at radius 2 is 1.21 bits per heavy atom. The molecule has 5 aromatic carbocycles. The van der Waals surface area contributed by atoms with Gasteiger partial charge in [-0.05, 0) is 181 Å². The number of hydrogen-bond donors (Lipinski definition) is 23. The van der Waals surface area contributed by atoms with Crippen molar-refractivity contribution < 1.29 is 108 Å². The molecule has 2 saturated heterocycles. The maximum absolute atomic E-state index is 16.4. The van der Waals surface area contributed by atoms with Gasteiger partial charge in [-0.15, -0.1) is 0 Å². The van der Waals surface area contributed by atoms with Crippen molar-refractivity contribution in [3.63, 3.8) is 0 Å². The number of carbonyl (C=O) groups excluding carboxylic acids is 8. The minimum atomic E-state index is -2.32. The number of aliphatic hydroxyl groups is 5. The van der Waals surface area contributed by atoms with Crippen LogP contribution in [-0.2, 0) is 52.6 Å². The molecule has 18 atom stereocenters. The molecule has 0 spiro atoms. The Hall–Kier alpha value is -9.36. The highest BCUT2D eigenvalue weighted by atomic mass is 35.5. The summed E-state index contributed by atoms with van der Waals surface area (Å²) in [5.74, 6) is -14.2. The molecule has 11 bridgehead atoms. The monoisotopic (exact) mass is 1800 g/mol. The largest absolute Gasteiger partial charge is 0.508 e. The number of unbranched alkanes of at least 4 members (excludes halogenated alkanes) is 7. The lowest BCUT2D eigenvalue weighted by Crippen LogP contribution is -2.66. The average Bonchev–Trinajstić information content (AvgIpc) is 0.763. The predicted octanol–water partition coefficient (Wildman–Crippen LogP) is 2.77. The molecule has 7 heterocycles. The van der Waals surface area contributed by atoms with Crippen molar-refractivity contribution in [3.05, 3.63) is 117 Å². The Balaban J connectivity index is 1.13. The van der Waals surface area contributed by atoms with Crippen molar-refractivity contribution in [2.75, 3.05) is 72.5 Å². The van der Waals surface area contributed by atoms with Crippen LogP contribution in [0.4, 0.5) is 0 Å². The van der Waals surface area contributed by atoms with E-state index in [0.717, 1.165) is 100 Å². The van der Waals surface area contributed by atoms with E-state index < -0.39 is 215 Å². The third-order valence-electron chi connectivity index (χ3n) is 22.9. The van der Waals surface area contributed by atoms with Crippen LogP contribution in [0.5, 0.6) is 46.0 Å². The number of likely N-dealkylation sites (N-methyl/N-ethyl adjacent to an activating group) is 1. The Kier molecular flexibility index (Phi) is 36.5. The number of fused-ring (bicyclic) bond motifs is 15. The zero-order chi connectivity index (χ0) is 91.2. The van der Waals surface area contributed by atoms with Gasteiger partial charge in [0.25, 0.3) is 0 Å². The van der Waals surface area contributed by atoms with Gasteiger partial charge >= 0.3 is 0 Å². The molecule has 8 amide bonds. The Bertz CT molecular complexity index is 4580. The first-order valence-corrected chi connectivity index (χ1v) is 43.9. The zero-order valence-electron chi connectivity index (χ0n) is 71.6. The minimum absolute atomic E-state index is 0.0102. The number of hydrogen-bond acceptors (Lipinski definition) is 29. The molecule has 0 radical (unpaired) electrons. The van der Waals surface area contributed by atoms with Crippen LogP contribution in [0.25, 0.3) is 11.1 Å². The third-order valence-corrected chi connectivity index (χ3v) is 23.5. The lowest BCUT2D eigenvalue weighted by molar-refractivity contribution is -0.331. The summed E-state index contributed by atoms with van der Waals surface area (Å²) in [6.45, 7) is 13.6. The summed E-state index contributed by atoms with van der Waals surface area (Å²) >= 11 is 14.5. The van der Waals surface area contributed by atoms with Crippen LogP contribution in [0, 0.1) is 5.92 Å². The molecular weight excluding hydrogens is 1680 g/mol. The fourth-order valence-corrected chi connectivity index (χ4v) is 16.4. The van der Waals surface area contributed by atoms with Crippen LogP contribution in [-0.4, -0.2) is 240 Å². The molecule has 26 N–H and O–H groups in total. The standard InChI is InChI=1S/C87H123Cl2N15O22/c1-7-8-9-10-11-12-13-14-25-96-31-32-98-87(5)42-65(121-45(4)78(87)113)125-77-75(112)74(111)63(43-91)124-86(77)126-76-61-37-49-38-62(76)123-60-23-20-48(36-54(60)89)73(110)71-85(120)102-69(81(116)97-30-17-29-95-28-16-27-94-26-15-24-90)52-39-50(105)40-58(107)66(52)51-34-46(18-21-57(51)106)67(82(117)104-71)101-83(118)68(49)100-80(115)56(41-64(92)108)99-84(119)70(103-79(114)55(93-6)33-44(2)3)72(109)47-19-22-59(122-61)53(88)35-47/h18-23,34-40,44-45,55-56,63,65,67-75,77-78,86,93-96,98,105-107,109-113H,7-17,24-33,41-43,90-91H2,1-6H3,(H2,92,108)(H,97,116)(H,99,119)(H,100,115)(H,101,118)(H,102,120)(H,103,114)(H,104,117)/t45-,55+,56-,63+,65-,67+,68+,69-,70+,71-,72+,73+,74+,75-,77+,78+,86-,87-/m0/s1. The highest BCUT2D eigenvalue weighted by molar-refractivity contribution is 6.32. The Morgan fingerprint density at radius 1 is 0.619 bits per heavy atom. The zero-order valence-corrected chi connectivity index (χ0v) is 73.2. The second-order valence-corrected chi connectivity index (χ2v) is 33.9. The number of aliphatic hydroxyl groups excluding tert-OH is 5. The molecule has 692 valence electrons. The van der Waals surface area contributed by atoms with E-state index in [9.17, 15) is 55.2 Å². The molecule has 0 aliphatic carbocycles. The van der Waals surface area contributed by atoms with Gasteiger partial charge in [-0.3, -0.25) is 38.4 Å². The number of aromatic hydroxyl groups is 3. The van der Waals surface area contributed by atoms with Gasteiger partial charge in [0.05, 0.1) is 34.7 Å². The first-order chi connectivity index (χ1) is 60.3. The molecule has 7 aliphatic heterocycles. The van der Waals surface area contributed by atoms with Crippen LogP contribution in [0.2, 0.25) is 10.0 Å². The Labute approximate surface area is 741 Å². The summed E-state index contributed by atoms with van der Waals surface area (Å²) in [5.41, 5.74) is 14.5. The molecule has 7 aliphatic rings. The normalized spacial score (nSPS) is 26.0. The van der Waals surface area contributed by atoms with Gasteiger partial charge in [0.2, 0.25) is 59.3 Å². The van der Waals surface area contributed by atoms with Gasteiger partial charge in [0, 0.05) is 55.3 Å². The van der Waals surface area contributed by atoms with E-state index in [1.54, 1.807) is 13.8 Å². The SMILES string of the molecule is CCCCCCCCCCNCCN[C@@]1(C)C[C@H](O[C@H]2[C@H](Oc3c4cc5cc3Oc3ccc(cc3Cl)[C@@H](O)[C@@H](NC(=O)[C@@H](CC(C)C)NC)C(=O)N[C@@H](CC(N)=O)C(=O)N[C@H]5C(=O)N[C@H]3C(=O)N[C@H](C(=O)N[C@H](C(=O)NCCCNCCCNCCCN)c5cc(O)cc(O)c5-c5cc3ccc5O)[C@H](O)c3ccc(c(Cl)c3)O4)O[C@H](CN)[C@@H](O)[C@@H]2O)O[C@@H](C)[C@H]1O. The van der Waals surface area contributed by atoms with Gasteiger partial charge < -0.3 is 150 Å². The summed E-state index contributed by atoms with van der Waals surface area (Å²) in [6.07, 6.45) is -6.26. The van der Waals surface area contributed by atoms with E-state index in [1.807, 2.05) is 13.8 Å². The van der Waals surface area contributed by atoms with Crippen LogP contribution in [0.1, 0.15) is 183 Å².